The molecule has 0 saturated heterocycles. The molecular formula is C23H27N3O3S. The van der Waals surface area contributed by atoms with Crippen LogP contribution in [0.25, 0.3) is 0 Å². The zero-order chi connectivity index (χ0) is 20.8. The third kappa shape index (κ3) is 5.04. The van der Waals surface area contributed by atoms with Crippen LogP contribution in [0.1, 0.15) is 35.6 Å². The van der Waals surface area contributed by atoms with Crippen LogP contribution in [0.5, 0.6) is 5.75 Å². The SMILES string of the molecule is CC(O)(CN=C(NCCc1ccco1)NC1CCOc2ccccc21)c1cccs1. The molecule has 1 aliphatic rings. The van der Waals surface area contributed by atoms with Crippen molar-refractivity contribution in [1.82, 2.24) is 10.6 Å². The molecule has 0 spiro atoms. The predicted molar refractivity (Wildman–Crippen MR) is 119 cm³/mol. The number of para-hydroxylation sites is 1. The van der Waals surface area contributed by atoms with E-state index in [1.807, 2.05) is 47.8 Å². The first-order valence-electron chi connectivity index (χ1n) is 10.2. The van der Waals surface area contributed by atoms with Crippen molar-refractivity contribution in [3.8, 4) is 5.75 Å². The van der Waals surface area contributed by atoms with Gasteiger partial charge in [-0.25, -0.2) is 4.99 Å². The Bertz CT molecular complexity index is 952. The topological polar surface area (TPSA) is 79.0 Å². The average Bonchev–Trinajstić information content (AvgIpc) is 3.47. The van der Waals surface area contributed by atoms with Crippen molar-refractivity contribution < 1.29 is 14.3 Å². The van der Waals surface area contributed by atoms with E-state index in [2.05, 4.69) is 16.7 Å². The number of ether oxygens (including phenoxy) is 1. The summed E-state index contributed by atoms with van der Waals surface area (Å²) in [5.41, 5.74) is 0.103. The van der Waals surface area contributed by atoms with Gasteiger partial charge in [-0.15, -0.1) is 11.3 Å². The van der Waals surface area contributed by atoms with E-state index in [1.54, 1.807) is 13.2 Å². The normalized spacial score (nSPS) is 18.2. The van der Waals surface area contributed by atoms with Crippen LogP contribution in [-0.2, 0) is 12.0 Å². The van der Waals surface area contributed by atoms with Crippen LogP contribution in [-0.4, -0.2) is 30.8 Å². The number of fused-ring (bicyclic) bond motifs is 1. The van der Waals surface area contributed by atoms with Gasteiger partial charge in [0, 0.05) is 29.8 Å². The first-order chi connectivity index (χ1) is 14.6. The van der Waals surface area contributed by atoms with Crippen molar-refractivity contribution in [2.45, 2.75) is 31.4 Å². The largest absolute Gasteiger partial charge is 0.493 e. The van der Waals surface area contributed by atoms with Gasteiger partial charge in [-0.3, -0.25) is 0 Å². The molecule has 2 aromatic heterocycles. The molecule has 0 bridgehead atoms. The van der Waals surface area contributed by atoms with Crippen molar-refractivity contribution in [3.63, 3.8) is 0 Å². The zero-order valence-corrected chi connectivity index (χ0v) is 17.8. The summed E-state index contributed by atoms with van der Waals surface area (Å²) in [6, 6.07) is 15.9. The molecule has 2 atom stereocenters. The van der Waals surface area contributed by atoms with Gasteiger partial charge in [0.25, 0.3) is 0 Å². The number of aliphatic imine (C=N–C) groups is 1. The summed E-state index contributed by atoms with van der Waals surface area (Å²) < 4.78 is 11.2. The highest BCUT2D eigenvalue weighted by Crippen LogP contribution is 2.31. The molecule has 3 N–H and O–H groups in total. The maximum Gasteiger partial charge on any atom is 0.191 e. The summed E-state index contributed by atoms with van der Waals surface area (Å²) >= 11 is 1.54. The highest BCUT2D eigenvalue weighted by molar-refractivity contribution is 7.10. The van der Waals surface area contributed by atoms with Crippen molar-refractivity contribution in [2.24, 2.45) is 4.99 Å². The smallest absolute Gasteiger partial charge is 0.191 e. The zero-order valence-electron chi connectivity index (χ0n) is 17.0. The van der Waals surface area contributed by atoms with Crippen molar-refractivity contribution in [2.75, 3.05) is 19.7 Å². The predicted octanol–water partition coefficient (Wildman–Crippen LogP) is 3.85. The fourth-order valence-electron chi connectivity index (χ4n) is 3.46. The van der Waals surface area contributed by atoms with Crippen LogP contribution < -0.4 is 15.4 Å². The maximum absolute atomic E-state index is 10.9. The summed E-state index contributed by atoms with van der Waals surface area (Å²) in [7, 11) is 0. The number of rotatable bonds is 7. The average molecular weight is 426 g/mol. The van der Waals surface area contributed by atoms with Gasteiger partial charge in [-0.2, -0.15) is 0 Å². The Morgan fingerprint density at radius 1 is 1.23 bits per heavy atom. The fraction of sp³-hybridized carbons (Fsp3) is 0.348. The Hall–Kier alpha value is -2.77. The minimum Gasteiger partial charge on any atom is -0.493 e. The summed E-state index contributed by atoms with van der Waals surface area (Å²) in [4.78, 5) is 5.62. The van der Waals surface area contributed by atoms with E-state index in [4.69, 9.17) is 14.1 Å². The lowest BCUT2D eigenvalue weighted by Gasteiger charge is -2.28. The Balaban J connectivity index is 1.48. The van der Waals surface area contributed by atoms with Gasteiger partial charge < -0.3 is 24.9 Å². The second-order valence-electron chi connectivity index (χ2n) is 7.54. The highest BCUT2D eigenvalue weighted by Gasteiger charge is 2.25. The molecule has 1 aromatic carbocycles. The summed E-state index contributed by atoms with van der Waals surface area (Å²) in [6.45, 7) is 3.38. The molecule has 0 amide bonds. The minimum absolute atomic E-state index is 0.0940. The summed E-state index contributed by atoms with van der Waals surface area (Å²) in [5, 5.41) is 19.8. The second-order valence-corrected chi connectivity index (χ2v) is 8.49. The molecule has 2 unspecified atom stereocenters. The molecule has 0 saturated carbocycles. The highest BCUT2D eigenvalue weighted by atomic mass is 32.1. The van der Waals surface area contributed by atoms with Gasteiger partial charge >= 0.3 is 0 Å². The quantitative estimate of drug-likeness (QED) is 0.396. The van der Waals surface area contributed by atoms with E-state index in [0.29, 0.717) is 19.1 Å². The summed E-state index contributed by atoms with van der Waals surface area (Å²) in [6.07, 6.45) is 3.27. The van der Waals surface area contributed by atoms with E-state index in [9.17, 15) is 5.11 Å². The molecule has 3 aromatic rings. The van der Waals surface area contributed by atoms with Gasteiger partial charge in [0.1, 0.15) is 17.1 Å². The molecule has 30 heavy (non-hydrogen) atoms. The van der Waals surface area contributed by atoms with E-state index in [-0.39, 0.29) is 12.6 Å². The van der Waals surface area contributed by atoms with Crippen molar-refractivity contribution in [1.29, 1.82) is 0 Å². The van der Waals surface area contributed by atoms with Crippen LogP contribution >= 0.6 is 11.3 Å². The molecule has 0 aliphatic carbocycles. The molecule has 0 radical (unpaired) electrons. The molecule has 7 heteroatoms. The monoisotopic (exact) mass is 425 g/mol. The molecule has 6 nitrogen and oxygen atoms in total. The lowest BCUT2D eigenvalue weighted by atomic mass is 10.0. The number of hydrogen-bond acceptors (Lipinski definition) is 5. The number of furan rings is 1. The molecule has 158 valence electrons. The standard InChI is InChI=1S/C23H27N3O3S/c1-23(27,21-9-5-15-30-21)16-25-22(24-12-10-17-6-4-13-28-17)26-19-11-14-29-20-8-3-2-7-18(19)20/h2-9,13,15,19,27H,10-12,14,16H2,1H3,(H2,24,25,26). The number of aliphatic hydroxyl groups is 1. The van der Waals surface area contributed by atoms with Crippen LogP contribution in [0.2, 0.25) is 0 Å². The number of nitrogens with one attached hydrogen (secondary N) is 2. The third-order valence-electron chi connectivity index (χ3n) is 5.11. The van der Waals surface area contributed by atoms with Gasteiger partial charge in [0.05, 0.1) is 25.5 Å². The first kappa shape index (κ1) is 20.5. The van der Waals surface area contributed by atoms with Crippen LogP contribution in [0.3, 0.4) is 0 Å². The number of guanidine groups is 1. The molecule has 0 fully saturated rings. The number of benzene rings is 1. The van der Waals surface area contributed by atoms with Crippen LogP contribution in [0, 0.1) is 0 Å². The summed E-state index contributed by atoms with van der Waals surface area (Å²) in [5.74, 6) is 2.49. The second kappa shape index (κ2) is 9.36. The van der Waals surface area contributed by atoms with Gasteiger partial charge in [0.2, 0.25) is 0 Å². The molecule has 1 aliphatic heterocycles. The van der Waals surface area contributed by atoms with E-state index in [1.165, 1.54) is 11.3 Å². The Labute approximate surface area is 180 Å². The Morgan fingerprint density at radius 3 is 2.93 bits per heavy atom. The van der Waals surface area contributed by atoms with E-state index >= 15 is 0 Å². The van der Waals surface area contributed by atoms with Gasteiger partial charge in [-0.1, -0.05) is 24.3 Å². The van der Waals surface area contributed by atoms with Gasteiger partial charge in [0.15, 0.2) is 5.96 Å². The lowest BCUT2D eigenvalue weighted by molar-refractivity contribution is 0.0711. The Kier molecular flexibility index (Phi) is 6.40. The molecular weight excluding hydrogens is 398 g/mol. The Morgan fingerprint density at radius 2 is 2.13 bits per heavy atom. The minimum atomic E-state index is -1.02. The van der Waals surface area contributed by atoms with E-state index in [0.717, 1.165) is 34.8 Å². The van der Waals surface area contributed by atoms with Gasteiger partial charge in [-0.05, 0) is 36.6 Å². The first-order valence-corrected chi connectivity index (χ1v) is 11.0. The molecule has 3 heterocycles. The van der Waals surface area contributed by atoms with Crippen LogP contribution in [0.15, 0.2) is 69.6 Å². The lowest BCUT2D eigenvalue weighted by Crippen LogP contribution is -2.42. The fourth-order valence-corrected chi connectivity index (χ4v) is 4.24. The van der Waals surface area contributed by atoms with E-state index < -0.39 is 5.60 Å². The maximum atomic E-state index is 10.9. The number of thiophene rings is 1. The number of nitrogens with zero attached hydrogens (tertiary/aromatic N) is 1. The third-order valence-corrected chi connectivity index (χ3v) is 6.23. The number of hydrogen-bond donors (Lipinski definition) is 3. The molecule has 4 rings (SSSR count). The van der Waals surface area contributed by atoms with Crippen LogP contribution in [0.4, 0.5) is 0 Å². The van der Waals surface area contributed by atoms with Crippen molar-refractivity contribution in [3.05, 3.63) is 76.4 Å². The van der Waals surface area contributed by atoms with Crippen molar-refractivity contribution >= 4 is 17.3 Å².